The van der Waals surface area contributed by atoms with E-state index in [1.54, 1.807) is 0 Å². The molecule has 0 bridgehead atoms. The van der Waals surface area contributed by atoms with Crippen LogP contribution in [0, 0.1) is 5.92 Å². The number of nitrogen functional groups attached to an aromatic ring is 1. The summed E-state index contributed by atoms with van der Waals surface area (Å²) in [7, 11) is 0. The lowest BCUT2D eigenvalue weighted by Crippen LogP contribution is -2.23. The minimum atomic E-state index is -0.729. The van der Waals surface area contributed by atoms with Crippen LogP contribution in [-0.4, -0.2) is 27.5 Å². The molecule has 0 aliphatic rings. The number of aromatic amines is 1. The molecule has 0 saturated carbocycles. The van der Waals surface area contributed by atoms with Gasteiger partial charge >= 0.3 is 0 Å². The SMILES string of the molecule is NCC(CCl)C(O)c1cnc(N)[nH]1. The molecule has 13 heavy (non-hydrogen) atoms. The average molecular weight is 205 g/mol. The number of imidazole rings is 1. The van der Waals surface area contributed by atoms with E-state index < -0.39 is 6.10 Å². The van der Waals surface area contributed by atoms with Crippen molar-refractivity contribution in [3.8, 4) is 0 Å². The predicted octanol–water partition coefficient (Wildman–Crippen LogP) is -0.161. The molecule has 0 saturated heterocycles. The zero-order valence-corrected chi connectivity index (χ0v) is 7.83. The number of nitrogens with zero attached hydrogens (tertiary/aromatic N) is 1. The van der Waals surface area contributed by atoms with Gasteiger partial charge in [0.05, 0.1) is 11.9 Å². The van der Waals surface area contributed by atoms with Gasteiger partial charge in [-0.25, -0.2) is 4.98 Å². The van der Waals surface area contributed by atoms with Gasteiger partial charge in [0, 0.05) is 11.8 Å². The second kappa shape index (κ2) is 4.45. The number of aliphatic hydroxyl groups excluding tert-OH is 1. The molecule has 0 aliphatic heterocycles. The molecule has 1 rings (SSSR count). The monoisotopic (exact) mass is 204 g/mol. The number of hydrogen-bond acceptors (Lipinski definition) is 4. The van der Waals surface area contributed by atoms with Crippen LogP contribution in [0.3, 0.4) is 0 Å². The zero-order valence-electron chi connectivity index (χ0n) is 7.07. The molecule has 1 aromatic rings. The Morgan fingerprint density at radius 2 is 2.38 bits per heavy atom. The molecule has 0 fully saturated rings. The summed E-state index contributed by atoms with van der Waals surface area (Å²) in [5.74, 6) is 0.400. The maximum atomic E-state index is 9.70. The molecular formula is C7H13ClN4O. The van der Waals surface area contributed by atoms with Crippen LogP contribution in [0.2, 0.25) is 0 Å². The van der Waals surface area contributed by atoms with Crippen molar-refractivity contribution in [3.05, 3.63) is 11.9 Å². The number of hydrogen-bond donors (Lipinski definition) is 4. The van der Waals surface area contributed by atoms with Gasteiger partial charge in [0.1, 0.15) is 6.10 Å². The number of anilines is 1. The van der Waals surface area contributed by atoms with E-state index in [1.165, 1.54) is 6.20 Å². The average Bonchev–Trinajstić information content (AvgIpc) is 2.54. The third kappa shape index (κ3) is 2.33. The number of halogens is 1. The number of aromatic nitrogens is 2. The first-order valence-electron chi connectivity index (χ1n) is 3.93. The van der Waals surface area contributed by atoms with Crippen LogP contribution in [0.4, 0.5) is 5.95 Å². The van der Waals surface area contributed by atoms with Crippen LogP contribution in [0.1, 0.15) is 11.8 Å². The van der Waals surface area contributed by atoms with E-state index in [9.17, 15) is 5.11 Å². The number of alkyl halides is 1. The molecule has 2 atom stereocenters. The first-order chi connectivity index (χ1) is 6.19. The van der Waals surface area contributed by atoms with Crippen molar-refractivity contribution in [3.63, 3.8) is 0 Å². The molecule has 0 spiro atoms. The van der Waals surface area contributed by atoms with Crippen molar-refractivity contribution >= 4 is 17.5 Å². The fourth-order valence-electron chi connectivity index (χ4n) is 1.03. The minimum absolute atomic E-state index is 0.179. The molecule has 1 heterocycles. The van der Waals surface area contributed by atoms with Crippen LogP contribution in [0.15, 0.2) is 6.20 Å². The maximum Gasteiger partial charge on any atom is 0.197 e. The molecule has 6 heteroatoms. The third-order valence-electron chi connectivity index (χ3n) is 1.88. The topological polar surface area (TPSA) is 101 Å². The second-order valence-electron chi connectivity index (χ2n) is 2.82. The first-order valence-corrected chi connectivity index (χ1v) is 4.47. The van der Waals surface area contributed by atoms with Gasteiger partial charge in [0.25, 0.3) is 0 Å². The number of rotatable bonds is 4. The van der Waals surface area contributed by atoms with Crippen molar-refractivity contribution < 1.29 is 5.11 Å². The Kier molecular flexibility index (Phi) is 3.53. The van der Waals surface area contributed by atoms with E-state index in [0.717, 1.165) is 0 Å². The fourth-order valence-corrected chi connectivity index (χ4v) is 1.33. The smallest absolute Gasteiger partial charge is 0.197 e. The molecule has 0 aromatic carbocycles. The van der Waals surface area contributed by atoms with E-state index in [0.29, 0.717) is 18.1 Å². The zero-order chi connectivity index (χ0) is 9.84. The van der Waals surface area contributed by atoms with Gasteiger partial charge < -0.3 is 21.6 Å². The lowest BCUT2D eigenvalue weighted by atomic mass is 10.0. The Morgan fingerprint density at radius 3 is 2.77 bits per heavy atom. The van der Waals surface area contributed by atoms with Crippen molar-refractivity contribution in [2.45, 2.75) is 6.10 Å². The van der Waals surface area contributed by atoms with Gasteiger partial charge in [-0.1, -0.05) is 0 Å². The molecule has 74 valence electrons. The second-order valence-corrected chi connectivity index (χ2v) is 3.13. The van der Waals surface area contributed by atoms with Gasteiger partial charge in [0.15, 0.2) is 5.95 Å². The lowest BCUT2D eigenvalue weighted by molar-refractivity contribution is 0.119. The summed E-state index contributed by atoms with van der Waals surface area (Å²) >= 11 is 5.61. The Morgan fingerprint density at radius 1 is 1.69 bits per heavy atom. The van der Waals surface area contributed by atoms with Crippen LogP contribution >= 0.6 is 11.6 Å². The number of nitrogens with two attached hydrogens (primary N) is 2. The molecule has 2 unspecified atom stereocenters. The molecule has 0 radical (unpaired) electrons. The summed E-state index contributed by atoms with van der Waals surface area (Å²) in [6.07, 6.45) is 0.752. The van der Waals surface area contributed by atoms with Gasteiger partial charge in [0.2, 0.25) is 0 Å². The van der Waals surface area contributed by atoms with E-state index in [4.69, 9.17) is 23.1 Å². The Hall–Kier alpha value is -0.780. The van der Waals surface area contributed by atoms with Gasteiger partial charge in [-0.15, -0.1) is 11.6 Å². The quantitative estimate of drug-likeness (QED) is 0.512. The number of nitrogens with one attached hydrogen (secondary N) is 1. The van der Waals surface area contributed by atoms with Crippen molar-refractivity contribution in [1.82, 2.24) is 9.97 Å². The van der Waals surface area contributed by atoms with Crippen LogP contribution in [0.25, 0.3) is 0 Å². The van der Waals surface area contributed by atoms with E-state index in [2.05, 4.69) is 9.97 Å². The standard InChI is InChI=1S/C7H13ClN4O/c8-1-4(2-9)6(13)5-3-11-7(10)12-5/h3-4,6,13H,1-2,9H2,(H3,10,11,12). The van der Waals surface area contributed by atoms with Gasteiger partial charge in [-0.2, -0.15) is 0 Å². The summed E-state index contributed by atoms with van der Waals surface area (Å²) in [6.45, 7) is 0.323. The molecule has 1 aromatic heterocycles. The van der Waals surface area contributed by atoms with E-state index in [-0.39, 0.29) is 11.9 Å². The summed E-state index contributed by atoms with van der Waals surface area (Å²) < 4.78 is 0. The highest BCUT2D eigenvalue weighted by Gasteiger charge is 2.20. The number of aliphatic hydroxyl groups is 1. The van der Waals surface area contributed by atoms with Crippen molar-refractivity contribution in [1.29, 1.82) is 0 Å². The molecule has 6 N–H and O–H groups in total. The first kappa shape index (κ1) is 10.3. The summed E-state index contributed by atoms with van der Waals surface area (Å²) in [4.78, 5) is 6.49. The molecule has 0 amide bonds. The Bertz CT molecular complexity index is 261. The summed E-state index contributed by atoms with van der Waals surface area (Å²) in [5.41, 5.74) is 11.3. The van der Waals surface area contributed by atoms with Crippen molar-refractivity contribution in [2.75, 3.05) is 18.2 Å². The predicted molar refractivity (Wildman–Crippen MR) is 51.2 cm³/mol. The third-order valence-corrected chi connectivity index (χ3v) is 2.28. The van der Waals surface area contributed by atoms with Crippen molar-refractivity contribution in [2.24, 2.45) is 11.7 Å². The molecular weight excluding hydrogens is 192 g/mol. The largest absolute Gasteiger partial charge is 0.386 e. The lowest BCUT2D eigenvalue weighted by Gasteiger charge is -2.16. The summed E-state index contributed by atoms with van der Waals surface area (Å²) in [6, 6.07) is 0. The van der Waals surface area contributed by atoms with Crippen LogP contribution in [0.5, 0.6) is 0 Å². The minimum Gasteiger partial charge on any atom is -0.386 e. The molecule has 5 nitrogen and oxygen atoms in total. The van der Waals surface area contributed by atoms with E-state index >= 15 is 0 Å². The normalized spacial score (nSPS) is 15.6. The highest BCUT2D eigenvalue weighted by molar-refractivity contribution is 6.18. The van der Waals surface area contributed by atoms with Crippen LogP contribution < -0.4 is 11.5 Å². The number of H-pyrrole nitrogens is 1. The van der Waals surface area contributed by atoms with Gasteiger partial charge in [-0.05, 0) is 6.54 Å². The fraction of sp³-hybridized carbons (Fsp3) is 0.571. The summed E-state index contributed by atoms with van der Waals surface area (Å²) in [5, 5.41) is 9.70. The maximum absolute atomic E-state index is 9.70. The van der Waals surface area contributed by atoms with Gasteiger partial charge in [-0.3, -0.25) is 0 Å². The molecule has 0 aliphatic carbocycles. The Labute approximate surface area is 81.1 Å². The highest BCUT2D eigenvalue weighted by Crippen LogP contribution is 2.20. The Balaban J connectivity index is 2.71. The van der Waals surface area contributed by atoms with Crippen LogP contribution in [-0.2, 0) is 0 Å². The highest BCUT2D eigenvalue weighted by atomic mass is 35.5. The van der Waals surface area contributed by atoms with E-state index in [1.807, 2.05) is 0 Å².